The van der Waals surface area contributed by atoms with Crippen LogP contribution in [0.2, 0.25) is 0 Å². The van der Waals surface area contributed by atoms with E-state index >= 15 is 0 Å². The first kappa shape index (κ1) is 15.1. The van der Waals surface area contributed by atoms with Gasteiger partial charge in [0.05, 0.1) is 4.47 Å². The van der Waals surface area contributed by atoms with E-state index in [1.54, 1.807) is 0 Å². The lowest BCUT2D eigenvalue weighted by molar-refractivity contribution is 0.480. The van der Waals surface area contributed by atoms with Crippen molar-refractivity contribution in [1.82, 2.24) is 0 Å². The minimum absolute atomic E-state index is 0.808. The van der Waals surface area contributed by atoms with Gasteiger partial charge in [-0.15, -0.1) is 0 Å². The summed E-state index contributed by atoms with van der Waals surface area (Å²) in [6.07, 6.45) is 0. The molecule has 0 amide bonds. The number of hydrogen-bond donors (Lipinski definition) is 0. The van der Waals surface area contributed by atoms with Crippen LogP contribution < -0.4 is 4.74 Å². The highest BCUT2D eigenvalue weighted by atomic mass is 79.9. The predicted molar refractivity (Wildman–Crippen MR) is 98.5 cm³/mol. The third-order valence-corrected chi connectivity index (χ3v) is 5.38. The van der Waals surface area contributed by atoms with Crippen molar-refractivity contribution in [3.8, 4) is 11.5 Å². The van der Waals surface area contributed by atoms with Crippen molar-refractivity contribution in [2.24, 2.45) is 0 Å². The first-order valence-corrected chi connectivity index (χ1v) is 9.09. The molecule has 1 nitrogen and oxygen atoms in total. The van der Waals surface area contributed by atoms with Crippen molar-refractivity contribution >= 4 is 58.6 Å². The molecule has 0 fully saturated rings. The Morgan fingerprint density at radius 3 is 2.48 bits per heavy atom. The van der Waals surface area contributed by atoms with Crippen LogP contribution in [0.4, 0.5) is 0 Å². The van der Waals surface area contributed by atoms with Crippen LogP contribution in [0.15, 0.2) is 63.5 Å². The molecule has 0 unspecified atom stereocenters. The summed E-state index contributed by atoms with van der Waals surface area (Å²) in [5.74, 6) is 1.62. The molecule has 0 spiro atoms. The molecule has 0 bridgehead atoms. The summed E-state index contributed by atoms with van der Waals surface area (Å²) in [5, 5.41) is 3.15. The van der Waals surface area contributed by atoms with Gasteiger partial charge in [-0.05, 0) is 50.5 Å². The molecule has 21 heavy (non-hydrogen) atoms. The smallest absolute Gasteiger partial charge is 0.142 e. The molecule has 3 aromatic carbocycles. The van der Waals surface area contributed by atoms with Gasteiger partial charge < -0.3 is 4.74 Å². The minimum Gasteiger partial charge on any atom is -0.456 e. The summed E-state index contributed by atoms with van der Waals surface area (Å²) in [6.45, 7) is 0. The second-order valence-corrected chi connectivity index (χ2v) is 6.80. The van der Waals surface area contributed by atoms with Crippen molar-refractivity contribution < 1.29 is 4.74 Å². The van der Waals surface area contributed by atoms with Gasteiger partial charge in [0.2, 0.25) is 0 Å². The van der Waals surface area contributed by atoms with E-state index in [2.05, 4.69) is 66.0 Å². The molecule has 0 aromatic heterocycles. The Hall–Kier alpha value is -0.840. The molecule has 0 heterocycles. The van der Waals surface area contributed by atoms with Gasteiger partial charge in [0, 0.05) is 9.80 Å². The van der Waals surface area contributed by atoms with E-state index in [-0.39, 0.29) is 0 Å². The summed E-state index contributed by atoms with van der Waals surface area (Å²) in [6, 6.07) is 18.3. The monoisotopic (exact) mass is 468 g/mol. The van der Waals surface area contributed by atoms with Crippen molar-refractivity contribution in [2.45, 2.75) is 5.33 Å². The SMILES string of the molecule is BrCc1ccc(Oc2ccc3ccccc3c2Br)cc1Br. The van der Waals surface area contributed by atoms with E-state index in [1.807, 2.05) is 36.4 Å². The largest absolute Gasteiger partial charge is 0.456 e. The van der Waals surface area contributed by atoms with Crippen LogP contribution in [0.3, 0.4) is 0 Å². The molecular weight excluding hydrogens is 460 g/mol. The molecule has 0 saturated heterocycles. The maximum Gasteiger partial charge on any atom is 0.142 e. The predicted octanol–water partition coefficient (Wildman–Crippen LogP) is 7.05. The Labute approximate surface area is 148 Å². The van der Waals surface area contributed by atoms with E-state index in [1.165, 1.54) is 10.9 Å². The summed E-state index contributed by atoms with van der Waals surface area (Å²) < 4.78 is 8.01. The van der Waals surface area contributed by atoms with E-state index in [0.29, 0.717) is 0 Å². The fourth-order valence-corrected chi connectivity index (χ4v) is 4.06. The lowest BCUT2D eigenvalue weighted by atomic mass is 10.1. The Kier molecular flexibility index (Phi) is 4.67. The van der Waals surface area contributed by atoms with Crippen LogP contribution in [0, 0.1) is 0 Å². The van der Waals surface area contributed by atoms with Gasteiger partial charge in [0.1, 0.15) is 11.5 Å². The molecule has 4 heteroatoms. The minimum atomic E-state index is 0.808. The van der Waals surface area contributed by atoms with Crippen LogP contribution in [-0.2, 0) is 5.33 Å². The average Bonchev–Trinajstić information content (AvgIpc) is 2.51. The quantitative estimate of drug-likeness (QED) is 0.372. The number of hydrogen-bond acceptors (Lipinski definition) is 1. The van der Waals surface area contributed by atoms with Crippen LogP contribution in [0.25, 0.3) is 10.8 Å². The molecule has 3 aromatic rings. The second kappa shape index (κ2) is 6.51. The highest BCUT2D eigenvalue weighted by Gasteiger charge is 2.08. The van der Waals surface area contributed by atoms with Crippen LogP contribution in [0.5, 0.6) is 11.5 Å². The van der Waals surface area contributed by atoms with Gasteiger partial charge in [-0.1, -0.05) is 68.3 Å². The van der Waals surface area contributed by atoms with Gasteiger partial charge in [-0.3, -0.25) is 0 Å². The van der Waals surface area contributed by atoms with Crippen LogP contribution in [0.1, 0.15) is 5.56 Å². The third kappa shape index (κ3) is 3.17. The van der Waals surface area contributed by atoms with Gasteiger partial charge in [-0.2, -0.15) is 0 Å². The molecule has 0 saturated carbocycles. The first-order chi connectivity index (χ1) is 10.2. The maximum atomic E-state index is 6.01. The molecule has 0 aliphatic carbocycles. The first-order valence-electron chi connectivity index (χ1n) is 6.38. The normalized spacial score (nSPS) is 10.8. The Morgan fingerprint density at radius 2 is 1.71 bits per heavy atom. The summed E-state index contributed by atoms with van der Waals surface area (Å²) in [5.41, 5.74) is 1.19. The number of fused-ring (bicyclic) bond motifs is 1. The molecule has 0 aliphatic rings. The third-order valence-electron chi connectivity index (χ3n) is 3.22. The highest BCUT2D eigenvalue weighted by Crippen LogP contribution is 2.36. The maximum absolute atomic E-state index is 6.01. The summed E-state index contributed by atoms with van der Waals surface area (Å²) >= 11 is 10.7. The summed E-state index contributed by atoms with van der Waals surface area (Å²) in [4.78, 5) is 0. The Morgan fingerprint density at radius 1 is 0.905 bits per heavy atom. The fraction of sp³-hybridized carbons (Fsp3) is 0.0588. The van der Waals surface area contributed by atoms with Crippen molar-refractivity contribution in [3.05, 3.63) is 69.1 Å². The Bertz CT molecular complexity index is 799. The molecule has 106 valence electrons. The van der Waals surface area contributed by atoms with Crippen LogP contribution in [-0.4, -0.2) is 0 Å². The van der Waals surface area contributed by atoms with Gasteiger partial charge >= 0.3 is 0 Å². The molecular formula is C17H11Br3O. The highest BCUT2D eigenvalue weighted by molar-refractivity contribution is 9.11. The number of halogens is 3. The topological polar surface area (TPSA) is 9.23 Å². The van der Waals surface area contributed by atoms with Crippen molar-refractivity contribution in [1.29, 1.82) is 0 Å². The standard InChI is InChI=1S/C17H11Br3O/c18-10-12-5-7-13(9-15(12)19)21-16-8-6-11-3-1-2-4-14(11)17(16)20/h1-9H,10H2. The molecule has 0 atom stereocenters. The number of alkyl halides is 1. The average molecular weight is 471 g/mol. The zero-order valence-corrected chi connectivity index (χ0v) is 15.7. The Balaban J connectivity index is 1.98. The number of benzene rings is 3. The lowest BCUT2D eigenvalue weighted by Crippen LogP contribution is -1.88. The molecule has 0 N–H and O–H groups in total. The van der Waals surface area contributed by atoms with Crippen molar-refractivity contribution in [2.75, 3.05) is 0 Å². The second-order valence-electron chi connectivity index (χ2n) is 4.59. The van der Waals surface area contributed by atoms with Crippen molar-refractivity contribution in [3.63, 3.8) is 0 Å². The van der Waals surface area contributed by atoms with E-state index < -0.39 is 0 Å². The molecule has 3 rings (SSSR count). The zero-order chi connectivity index (χ0) is 14.8. The number of rotatable bonds is 3. The van der Waals surface area contributed by atoms with Gasteiger partial charge in [0.25, 0.3) is 0 Å². The van der Waals surface area contributed by atoms with E-state index in [0.717, 1.165) is 31.2 Å². The summed E-state index contributed by atoms with van der Waals surface area (Å²) in [7, 11) is 0. The lowest BCUT2D eigenvalue weighted by Gasteiger charge is -2.11. The van der Waals surface area contributed by atoms with E-state index in [9.17, 15) is 0 Å². The molecule has 0 radical (unpaired) electrons. The molecule has 0 aliphatic heterocycles. The van der Waals surface area contributed by atoms with Crippen LogP contribution >= 0.6 is 47.8 Å². The fourth-order valence-electron chi connectivity index (χ4n) is 2.12. The van der Waals surface area contributed by atoms with E-state index in [4.69, 9.17) is 4.74 Å². The van der Waals surface area contributed by atoms with Gasteiger partial charge in [-0.25, -0.2) is 0 Å². The number of ether oxygens (including phenoxy) is 1. The zero-order valence-electron chi connectivity index (χ0n) is 10.9. The van der Waals surface area contributed by atoms with Gasteiger partial charge in [0.15, 0.2) is 0 Å².